The molecule has 0 aliphatic heterocycles. The normalized spacial score (nSPS) is 10.2. The predicted molar refractivity (Wildman–Crippen MR) is 108 cm³/mol. The summed E-state index contributed by atoms with van der Waals surface area (Å²) < 4.78 is 6.91. The Bertz CT molecular complexity index is 1030. The van der Waals surface area contributed by atoms with E-state index in [1.54, 1.807) is 48.5 Å². The van der Waals surface area contributed by atoms with E-state index in [1.807, 2.05) is 0 Å². The summed E-state index contributed by atoms with van der Waals surface area (Å²) in [4.78, 5) is 30.8. The average molecular weight is 509 g/mol. The van der Waals surface area contributed by atoms with Crippen LogP contribution in [0.3, 0.4) is 0 Å². The molecular weight excluding hydrogens is 498 g/mol. The number of rotatable bonds is 6. The van der Waals surface area contributed by atoms with Crippen LogP contribution >= 0.6 is 31.9 Å². The molecule has 2 aromatic carbocycles. The lowest BCUT2D eigenvalue weighted by Gasteiger charge is -2.11. The molecule has 11 heteroatoms. The van der Waals surface area contributed by atoms with Crippen molar-refractivity contribution >= 4 is 49.3 Å². The number of anilines is 1. The molecule has 1 amide bonds. The Morgan fingerprint density at radius 3 is 2.46 bits per heavy atom. The lowest BCUT2D eigenvalue weighted by Crippen LogP contribution is -2.30. The first-order valence-electron chi connectivity index (χ1n) is 7.69. The molecule has 0 aliphatic carbocycles. The fraction of sp³-hybridized carbons (Fsp3) is 0. The van der Waals surface area contributed by atoms with Crippen molar-refractivity contribution in [2.75, 3.05) is 5.43 Å². The first-order valence-corrected chi connectivity index (χ1v) is 9.28. The maximum absolute atomic E-state index is 12.3. The van der Waals surface area contributed by atoms with E-state index in [1.165, 1.54) is 0 Å². The summed E-state index contributed by atoms with van der Waals surface area (Å²) in [6, 6.07) is 13.4. The van der Waals surface area contributed by atoms with Crippen LogP contribution in [0.1, 0.15) is 10.4 Å². The van der Waals surface area contributed by atoms with Crippen molar-refractivity contribution in [2.45, 2.75) is 0 Å². The summed E-state index contributed by atoms with van der Waals surface area (Å²) in [5.74, 6) is -0.628. The molecule has 0 radical (unpaired) electrons. The summed E-state index contributed by atoms with van der Waals surface area (Å²) in [5.41, 5.74) is 4.66. The van der Waals surface area contributed by atoms with Crippen LogP contribution < -0.4 is 15.6 Å². The fourth-order valence-electron chi connectivity index (χ4n) is 2.14. The summed E-state index contributed by atoms with van der Waals surface area (Å²) in [6.07, 6.45) is 1.09. The SMILES string of the molecule is O=C(NNc1ncnc(Oc2ccc(Br)cc2)c1[N+](=O)[O-])c1ccccc1Br. The van der Waals surface area contributed by atoms with Gasteiger partial charge in [0, 0.05) is 8.95 Å². The highest BCUT2D eigenvalue weighted by atomic mass is 79.9. The Labute approximate surface area is 175 Å². The largest absolute Gasteiger partial charge is 0.434 e. The Hall–Kier alpha value is -3.05. The van der Waals surface area contributed by atoms with Crippen molar-refractivity contribution in [1.29, 1.82) is 0 Å². The highest BCUT2D eigenvalue weighted by Crippen LogP contribution is 2.34. The Morgan fingerprint density at radius 2 is 1.79 bits per heavy atom. The minimum Gasteiger partial charge on any atom is -0.434 e. The molecule has 0 unspecified atom stereocenters. The van der Waals surface area contributed by atoms with Crippen LogP contribution in [0.4, 0.5) is 11.5 Å². The van der Waals surface area contributed by atoms with Crippen molar-refractivity contribution in [2.24, 2.45) is 0 Å². The molecule has 0 saturated carbocycles. The minimum atomic E-state index is -0.693. The Kier molecular flexibility index (Phi) is 6.16. The zero-order valence-electron chi connectivity index (χ0n) is 13.9. The third-order valence-corrected chi connectivity index (χ3v) is 4.63. The molecule has 0 saturated heterocycles. The van der Waals surface area contributed by atoms with Gasteiger partial charge < -0.3 is 4.74 Å². The van der Waals surface area contributed by atoms with Crippen LogP contribution in [0, 0.1) is 10.1 Å². The van der Waals surface area contributed by atoms with E-state index in [2.05, 4.69) is 52.7 Å². The van der Waals surface area contributed by atoms with Gasteiger partial charge in [-0.25, -0.2) is 4.98 Å². The second kappa shape index (κ2) is 8.76. The number of carbonyl (C=O) groups excluding carboxylic acids is 1. The lowest BCUT2D eigenvalue weighted by molar-refractivity contribution is -0.385. The molecule has 3 rings (SSSR count). The van der Waals surface area contributed by atoms with Gasteiger partial charge in [-0.15, -0.1) is 0 Å². The number of hydrazine groups is 1. The number of ether oxygens (including phenoxy) is 1. The van der Waals surface area contributed by atoms with E-state index in [-0.39, 0.29) is 11.7 Å². The van der Waals surface area contributed by atoms with Crippen molar-refractivity contribution in [3.8, 4) is 11.6 Å². The van der Waals surface area contributed by atoms with E-state index < -0.39 is 16.5 Å². The standard InChI is InChI=1S/C17H11Br2N5O4/c18-10-5-7-11(8-6-10)28-17-14(24(26)27)15(20-9-21-17)22-23-16(25)12-3-1-2-4-13(12)19/h1-9H,(H,23,25)(H,20,21,22). The smallest absolute Gasteiger partial charge is 0.374 e. The van der Waals surface area contributed by atoms with Gasteiger partial charge in [-0.1, -0.05) is 28.1 Å². The maximum Gasteiger partial charge on any atom is 0.374 e. The number of hydrogen-bond acceptors (Lipinski definition) is 7. The molecule has 142 valence electrons. The van der Waals surface area contributed by atoms with E-state index in [0.717, 1.165) is 10.8 Å². The van der Waals surface area contributed by atoms with Crippen molar-refractivity contribution in [1.82, 2.24) is 15.4 Å². The van der Waals surface area contributed by atoms with Gasteiger partial charge in [0.05, 0.1) is 10.5 Å². The molecule has 0 atom stereocenters. The molecule has 9 nitrogen and oxygen atoms in total. The third kappa shape index (κ3) is 4.61. The highest BCUT2D eigenvalue weighted by Gasteiger charge is 2.25. The van der Waals surface area contributed by atoms with Gasteiger partial charge in [-0.2, -0.15) is 4.98 Å². The molecule has 0 bridgehead atoms. The zero-order chi connectivity index (χ0) is 20.1. The van der Waals surface area contributed by atoms with Gasteiger partial charge in [0.15, 0.2) is 0 Å². The molecule has 0 aliphatic rings. The van der Waals surface area contributed by atoms with E-state index in [9.17, 15) is 14.9 Å². The van der Waals surface area contributed by atoms with Crippen molar-refractivity contribution in [3.05, 3.63) is 79.5 Å². The molecule has 3 aromatic rings. The number of aromatic nitrogens is 2. The fourth-order valence-corrected chi connectivity index (χ4v) is 2.87. The van der Waals surface area contributed by atoms with E-state index >= 15 is 0 Å². The van der Waals surface area contributed by atoms with Crippen LogP contribution in [0.15, 0.2) is 63.8 Å². The molecule has 0 fully saturated rings. The Balaban J connectivity index is 1.83. The van der Waals surface area contributed by atoms with Crippen molar-refractivity contribution in [3.63, 3.8) is 0 Å². The number of nitrogens with zero attached hydrogens (tertiary/aromatic N) is 3. The summed E-state index contributed by atoms with van der Waals surface area (Å²) in [7, 11) is 0. The first-order chi connectivity index (χ1) is 13.5. The highest BCUT2D eigenvalue weighted by molar-refractivity contribution is 9.10. The Morgan fingerprint density at radius 1 is 1.07 bits per heavy atom. The average Bonchev–Trinajstić information content (AvgIpc) is 2.68. The van der Waals surface area contributed by atoms with Crippen LogP contribution in [0.2, 0.25) is 0 Å². The van der Waals surface area contributed by atoms with Gasteiger partial charge in [-0.3, -0.25) is 25.8 Å². The quantitative estimate of drug-likeness (QED) is 0.372. The number of benzene rings is 2. The van der Waals surface area contributed by atoms with E-state index in [0.29, 0.717) is 15.8 Å². The van der Waals surface area contributed by atoms with Gasteiger partial charge in [0.2, 0.25) is 5.82 Å². The molecule has 2 N–H and O–H groups in total. The zero-order valence-corrected chi connectivity index (χ0v) is 17.1. The maximum atomic E-state index is 12.3. The topological polar surface area (TPSA) is 119 Å². The molecule has 28 heavy (non-hydrogen) atoms. The van der Waals surface area contributed by atoms with Crippen molar-refractivity contribution < 1.29 is 14.5 Å². The minimum absolute atomic E-state index is 0.215. The summed E-state index contributed by atoms with van der Waals surface area (Å²) in [5, 5.41) is 11.5. The second-order valence-corrected chi connectivity index (χ2v) is 7.02. The van der Waals surface area contributed by atoms with Gasteiger partial charge in [0.25, 0.3) is 5.91 Å². The number of halogens is 2. The summed E-state index contributed by atoms with van der Waals surface area (Å²) >= 11 is 6.56. The predicted octanol–water partition coefficient (Wildman–Crippen LogP) is 4.46. The molecule has 1 aromatic heterocycles. The lowest BCUT2D eigenvalue weighted by atomic mass is 10.2. The van der Waals surface area contributed by atoms with Crippen LogP contribution in [0.5, 0.6) is 11.6 Å². The number of nitro groups is 1. The number of nitrogens with one attached hydrogen (secondary N) is 2. The van der Waals surface area contributed by atoms with E-state index in [4.69, 9.17) is 4.74 Å². The molecule has 1 heterocycles. The van der Waals surface area contributed by atoms with Gasteiger partial charge >= 0.3 is 11.6 Å². The number of hydrogen-bond donors (Lipinski definition) is 2. The first kappa shape index (κ1) is 19.7. The second-order valence-electron chi connectivity index (χ2n) is 5.25. The summed E-state index contributed by atoms with van der Waals surface area (Å²) in [6.45, 7) is 0. The third-order valence-electron chi connectivity index (χ3n) is 3.41. The monoisotopic (exact) mass is 507 g/mol. The van der Waals surface area contributed by atoms with Gasteiger partial charge in [0.1, 0.15) is 12.1 Å². The number of amides is 1. The number of carbonyl (C=O) groups is 1. The van der Waals surface area contributed by atoms with Gasteiger partial charge in [-0.05, 0) is 52.3 Å². The molecule has 0 spiro atoms. The van der Waals surface area contributed by atoms with Crippen LogP contribution in [0.25, 0.3) is 0 Å². The molecular formula is C17H11Br2N5O4. The van der Waals surface area contributed by atoms with Crippen LogP contribution in [-0.2, 0) is 0 Å². The van der Waals surface area contributed by atoms with Crippen LogP contribution in [-0.4, -0.2) is 20.8 Å².